The monoisotopic (exact) mass is 342 g/mol. The van der Waals surface area contributed by atoms with Crippen LogP contribution in [-0.4, -0.2) is 40.1 Å². The highest BCUT2D eigenvalue weighted by atomic mass is 16.5. The van der Waals surface area contributed by atoms with Gasteiger partial charge in [0.15, 0.2) is 0 Å². The normalized spacial score (nSPS) is 19.8. The number of pyridine rings is 1. The topological polar surface area (TPSA) is 97.0 Å². The number of carbonyl (C=O) groups is 1. The highest BCUT2D eigenvalue weighted by molar-refractivity contribution is 5.79. The number of carbonyl (C=O) groups excluding carboxylic acids is 1. The van der Waals surface area contributed by atoms with Gasteiger partial charge in [-0.1, -0.05) is 0 Å². The molecular formula is C18H22N4O3. The fourth-order valence-corrected chi connectivity index (χ4v) is 3.16. The van der Waals surface area contributed by atoms with E-state index in [1.54, 1.807) is 26.2 Å². The maximum Gasteiger partial charge on any atom is 0.254 e. The van der Waals surface area contributed by atoms with E-state index in [4.69, 9.17) is 4.74 Å². The predicted molar refractivity (Wildman–Crippen MR) is 92.2 cm³/mol. The van der Waals surface area contributed by atoms with Crippen molar-refractivity contribution in [2.75, 3.05) is 13.2 Å². The average molecular weight is 342 g/mol. The third-order valence-corrected chi connectivity index (χ3v) is 4.47. The molecule has 0 saturated carbocycles. The molecular weight excluding hydrogens is 320 g/mol. The highest BCUT2D eigenvalue weighted by Gasteiger charge is 2.30. The molecule has 0 aromatic carbocycles. The van der Waals surface area contributed by atoms with Crippen LogP contribution in [0.4, 0.5) is 0 Å². The number of nitrogens with one attached hydrogen (secondary N) is 2. The van der Waals surface area contributed by atoms with Gasteiger partial charge in [0.2, 0.25) is 5.91 Å². The van der Waals surface area contributed by atoms with E-state index in [2.05, 4.69) is 20.3 Å². The van der Waals surface area contributed by atoms with E-state index in [1.807, 2.05) is 12.1 Å². The molecule has 0 spiro atoms. The minimum absolute atomic E-state index is 0.0208. The quantitative estimate of drug-likeness (QED) is 0.834. The zero-order valence-corrected chi connectivity index (χ0v) is 14.4. The molecule has 2 atom stereocenters. The molecule has 1 saturated heterocycles. The molecule has 1 amide bonds. The van der Waals surface area contributed by atoms with Crippen LogP contribution in [0.2, 0.25) is 0 Å². The Morgan fingerprint density at radius 1 is 1.32 bits per heavy atom. The van der Waals surface area contributed by atoms with Gasteiger partial charge in [-0.05, 0) is 38.0 Å². The van der Waals surface area contributed by atoms with Gasteiger partial charge in [-0.25, -0.2) is 4.98 Å². The summed E-state index contributed by atoms with van der Waals surface area (Å²) in [4.78, 5) is 35.3. The standard InChI is InChI=1S/C18H22N4O3/c1-11-15(18(24)21-12(2)20-11)8-17(23)22-16-10-25-9-14(16)7-13-3-5-19-6-4-13/h3-6,14,16H,7-10H2,1-2H3,(H,22,23)(H,20,21,24)/t14-,16-/m1/s1. The largest absolute Gasteiger partial charge is 0.379 e. The van der Waals surface area contributed by atoms with E-state index in [1.165, 1.54) is 5.56 Å². The van der Waals surface area contributed by atoms with Crippen LogP contribution in [0.3, 0.4) is 0 Å². The number of aryl methyl sites for hydroxylation is 2. The molecule has 2 N–H and O–H groups in total. The maximum atomic E-state index is 12.4. The van der Waals surface area contributed by atoms with Crippen LogP contribution in [0.1, 0.15) is 22.6 Å². The molecule has 0 radical (unpaired) electrons. The van der Waals surface area contributed by atoms with Gasteiger partial charge in [0.25, 0.3) is 5.56 Å². The smallest absolute Gasteiger partial charge is 0.254 e. The van der Waals surface area contributed by atoms with Crippen molar-refractivity contribution in [1.29, 1.82) is 0 Å². The summed E-state index contributed by atoms with van der Waals surface area (Å²) in [5.41, 5.74) is 1.91. The van der Waals surface area contributed by atoms with E-state index in [0.717, 1.165) is 6.42 Å². The van der Waals surface area contributed by atoms with Crippen molar-refractivity contribution in [3.63, 3.8) is 0 Å². The van der Waals surface area contributed by atoms with E-state index in [0.29, 0.717) is 30.3 Å². The van der Waals surface area contributed by atoms with Gasteiger partial charge in [-0.3, -0.25) is 14.6 Å². The summed E-state index contributed by atoms with van der Waals surface area (Å²) in [6.07, 6.45) is 4.36. The molecule has 3 rings (SSSR count). The third kappa shape index (κ3) is 4.30. The highest BCUT2D eigenvalue weighted by Crippen LogP contribution is 2.19. The van der Waals surface area contributed by atoms with E-state index < -0.39 is 0 Å². The number of amides is 1. The lowest BCUT2D eigenvalue weighted by Crippen LogP contribution is -2.42. The predicted octanol–water partition coefficient (Wildman–Crippen LogP) is 0.698. The third-order valence-electron chi connectivity index (χ3n) is 4.47. The lowest BCUT2D eigenvalue weighted by atomic mass is 9.95. The summed E-state index contributed by atoms with van der Waals surface area (Å²) in [5, 5.41) is 3.01. The van der Waals surface area contributed by atoms with Crippen molar-refractivity contribution in [2.24, 2.45) is 5.92 Å². The van der Waals surface area contributed by atoms with E-state index in [-0.39, 0.29) is 29.8 Å². The number of rotatable bonds is 5. The molecule has 7 heteroatoms. The first kappa shape index (κ1) is 17.3. The van der Waals surface area contributed by atoms with Crippen molar-refractivity contribution in [3.05, 3.63) is 57.5 Å². The lowest BCUT2D eigenvalue weighted by molar-refractivity contribution is -0.121. The molecule has 0 unspecified atom stereocenters. The Bertz CT molecular complexity index is 804. The second-order valence-corrected chi connectivity index (χ2v) is 6.42. The fraction of sp³-hybridized carbons (Fsp3) is 0.444. The van der Waals surface area contributed by atoms with E-state index >= 15 is 0 Å². The summed E-state index contributed by atoms with van der Waals surface area (Å²) in [7, 11) is 0. The van der Waals surface area contributed by atoms with Crippen molar-refractivity contribution in [1.82, 2.24) is 20.3 Å². The first-order chi connectivity index (χ1) is 12.0. The molecule has 7 nitrogen and oxygen atoms in total. The molecule has 132 valence electrons. The van der Waals surface area contributed by atoms with Crippen LogP contribution in [0.5, 0.6) is 0 Å². The number of nitrogens with zero attached hydrogens (tertiary/aromatic N) is 2. The molecule has 25 heavy (non-hydrogen) atoms. The van der Waals surface area contributed by atoms with Crippen molar-refractivity contribution in [3.8, 4) is 0 Å². The summed E-state index contributed by atoms with van der Waals surface area (Å²) < 4.78 is 5.55. The van der Waals surface area contributed by atoms with Gasteiger partial charge in [-0.2, -0.15) is 0 Å². The zero-order valence-electron chi connectivity index (χ0n) is 14.4. The maximum absolute atomic E-state index is 12.4. The SMILES string of the molecule is Cc1nc(C)c(CC(=O)N[C@@H]2COC[C@H]2Cc2ccncc2)c(=O)[nH]1. The number of hydrogen-bond acceptors (Lipinski definition) is 5. The molecule has 1 aliphatic heterocycles. The number of ether oxygens (including phenoxy) is 1. The Balaban J connectivity index is 1.63. The van der Waals surface area contributed by atoms with Crippen LogP contribution in [0, 0.1) is 19.8 Å². The van der Waals surface area contributed by atoms with Crippen molar-refractivity contribution >= 4 is 5.91 Å². The Morgan fingerprint density at radius 3 is 2.80 bits per heavy atom. The number of aromatic amines is 1. The average Bonchev–Trinajstić information content (AvgIpc) is 2.98. The molecule has 1 fully saturated rings. The summed E-state index contributed by atoms with van der Waals surface area (Å²) in [6.45, 7) is 4.57. The first-order valence-electron chi connectivity index (χ1n) is 8.35. The summed E-state index contributed by atoms with van der Waals surface area (Å²) in [5.74, 6) is 0.574. The zero-order chi connectivity index (χ0) is 17.8. The second-order valence-electron chi connectivity index (χ2n) is 6.42. The van der Waals surface area contributed by atoms with Gasteiger partial charge >= 0.3 is 0 Å². The van der Waals surface area contributed by atoms with Gasteiger partial charge in [0.1, 0.15) is 5.82 Å². The molecule has 1 aliphatic rings. The van der Waals surface area contributed by atoms with Gasteiger partial charge < -0.3 is 15.0 Å². The van der Waals surface area contributed by atoms with Gasteiger partial charge in [-0.15, -0.1) is 0 Å². The first-order valence-corrected chi connectivity index (χ1v) is 8.35. The van der Waals surface area contributed by atoms with Crippen LogP contribution in [0.25, 0.3) is 0 Å². The number of hydrogen-bond donors (Lipinski definition) is 2. The Hall–Kier alpha value is -2.54. The minimum atomic E-state index is -0.254. The Labute approximate surface area is 145 Å². The van der Waals surface area contributed by atoms with Gasteiger partial charge in [0, 0.05) is 29.6 Å². The Morgan fingerprint density at radius 2 is 2.08 bits per heavy atom. The summed E-state index contributed by atoms with van der Waals surface area (Å²) in [6, 6.07) is 3.88. The van der Waals surface area contributed by atoms with Crippen LogP contribution >= 0.6 is 0 Å². The molecule has 0 bridgehead atoms. The van der Waals surface area contributed by atoms with Crippen molar-refractivity contribution < 1.29 is 9.53 Å². The molecule has 2 aromatic heterocycles. The second kappa shape index (κ2) is 7.57. The molecule has 0 aliphatic carbocycles. The number of aromatic nitrogens is 3. The minimum Gasteiger partial charge on any atom is -0.379 e. The lowest BCUT2D eigenvalue weighted by Gasteiger charge is -2.19. The fourth-order valence-electron chi connectivity index (χ4n) is 3.16. The van der Waals surface area contributed by atoms with E-state index in [9.17, 15) is 9.59 Å². The van der Waals surface area contributed by atoms with Crippen LogP contribution in [0.15, 0.2) is 29.3 Å². The van der Waals surface area contributed by atoms with Crippen LogP contribution in [-0.2, 0) is 22.4 Å². The molecule has 3 heterocycles. The molecule has 2 aromatic rings. The summed E-state index contributed by atoms with van der Waals surface area (Å²) >= 11 is 0. The number of H-pyrrole nitrogens is 1. The van der Waals surface area contributed by atoms with Crippen LogP contribution < -0.4 is 10.9 Å². The van der Waals surface area contributed by atoms with Gasteiger partial charge in [0.05, 0.1) is 25.7 Å². The van der Waals surface area contributed by atoms with Crippen molar-refractivity contribution in [2.45, 2.75) is 32.7 Å². The Kier molecular flexibility index (Phi) is 5.23.